The van der Waals surface area contributed by atoms with Crippen molar-refractivity contribution >= 4 is 27.3 Å². The molecule has 1 heterocycles. The van der Waals surface area contributed by atoms with Gasteiger partial charge in [-0.05, 0) is 45.9 Å². The molecule has 0 radical (unpaired) electrons. The summed E-state index contributed by atoms with van der Waals surface area (Å²) in [5, 5.41) is 5.69. The van der Waals surface area contributed by atoms with E-state index in [1.807, 2.05) is 11.3 Å². The van der Waals surface area contributed by atoms with E-state index in [9.17, 15) is 0 Å². The Hall–Kier alpha value is -0.640. The number of likely N-dealkylation sites (N-methyl/N-ethyl adjacent to an activating group) is 1. The van der Waals surface area contributed by atoms with Gasteiger partial charge in [0.1, 0.15) is 0 Å². The fourth-order valence-electron chi connectivity index (χ4n) is 1.91. The molecule has 0 fully saturated rings. The lowest BCUT2D eigenvalue weighted by Gasteiger charge is -2.17. The van der Waals surface area contributed by atoms with Crippen LogP contribution in [0.1, 0.15) is 23.4 Å². The van der Waals surface area contributed by atoms with E-state index < -0.39 is 0 Å². The van der Waals surface area contributed by atoms with Gasteiger partial charge in [-0.3, -0.25) is 0 Å². The van der Waals surface area contributed by atoms with Gasteiger partial charge in [-0.25, -0.2) is 0 Å². The second-order valence-corrected chi connectivity index (χ2v) is 5.73. The van der Waals surface area contributed by atoms with Crippen molar-refractivity contribution < 1.29 is 0 Å². The zero-order valence-corrected chi connectivity index (χ0v) is 12.2. The summed E-state index contributed by atoms with van der Waals surface area (Å²) in [4.78, 5) is 1.38. The largest absolute Gasteiger partial charge is 0.309 e. The molecular weight excluding hydrogens is 294 g/mol. The summed E-state index contributed by atoms with van der Waals surface area (Å²) in [5.41, 5.74) is 1.37. The molecule has 1 N–H and O–H groups in total. The minimum atomic E-state index is 0.400. The Bertz CT molecular complexity index is 452. The molecule has 3 heteroatoms. The second kappa shape index (κ2) is 6.34. The van der Waals surface area contributed by atoms with Gasteiger partial charge >= 0.3 is 0 Å². The summed E-state index contributed by atoms with van der Waals surface area (Å²) in [5.74, 6) is 0. The van der Waals surface area contributed by atoms with Gasteiger partial charge in [0, 0.05) is 15.4 Å². The Morgan fingerprint density at radius 3 is 2.59 bits per heavy atom. The molecule has 0 aliphatic carbocycles. The first-order chi connectivity index (χ1) is 8.31. The molecule has 1 nitrogen and oxygen atoms in total. The average Bonchev–Trinajstić information content (AvgIpc) is 2.76. The summed E-state index contributed by atoms with van der Waals surface area (Å²) >= 11 is 5.43. The minimum absolute atomic E-state index is 0.400. The highest BCUT2D eigenvalue weighted by Crippen LogP contribution is 2.31. The van der Waals surface area contributed by atoms with Crippen molar-refractivity contribution in [2.75, 3.05) is 6.54 Å². The van der Waals surface area contributed by atoms with E-state index in [-0.39, 0.29) is 0 Å². The van der Waals surface area contributed by atoms with E-state index in [0.29, 0.717) is 6.04 Å². The first kappa shape index (κ1) is 12.8. The van der Waals surface area contributed by atoms with Crippen LogP contribution in [0.4, 0.5) is 0 Å². The number of hydrogen-bond acceptors (Lipinski definition) is 2. The van der Waals surface area contributed by atoms with Crippen LogP contribution in [-0.4, -0.2) is 6.54 Å². The van der Waals surface area contributed by atoms with Crippen molar-refractivity contribution in [3.05, 3.63) is 56.7 Å². The Balaban J connectivity index is 2.16. The topological polar surface area (TPSA) is 12.0 Å². The molecule has 2 rings (SSSR count). The fourth-order valence-corrected chi connectivity index (χ4v) is 3.63. The summed E-state index contributed by atoms with van der Waals surface area (Å²) in [6.45, 7) is 3.14. The molecule has 2 aromatic rings. The van der Waals surface area contributed by atoms with Crippen molar-refractivity contribution in [3.8, 4) is 0 Å². The summed E-state index contributed by atoms with van der Waals surface area (Å²) in [6.07, 6.45) is 1.04. The van der Waals surface area contributed by atoms with Gasteiger partial charge in [0.15, 0.2) is 0 Å². The van der Waals surface area contributed by atoms with Crippen molar-refractivity contribution in [2.45, 2.75) is 19.4 Å². The number of nitrogens with one attached hydrogen (secondary N) is 1. The Kier molecular flexibility index (Phi) is 4.77. The van der Waals surface area contributed by atoms with E-state index in [1.165, 1.54) is 14.9 Å². The zero-order chi connectivity index (χ0) is 12.1. The van der Waals surface area contributed by atoms with Crippen LogP contribution in [0.15, 0.2) is 46.3 Å². The standard InChI is InChI=1S/C14H16BrNS/c1-2-16-13(14-12(15)8-9-17-14)10-11-6-4-3-5-7-11/h3-9,13,16H,2,10H2,1H3. The zero-order valence-electron chi connectivity index (χ0n) is 9.82. The molecule has 1 aromatic carbocycles. The molecule has 0 aliphatic rings. The number of halogens is 1. The first-order valence-corrected chi connectivity index (χ1v) is 7.48. The van der Waals surface area contributed by atoms with Crippen molar-refractivity contribution in [3.63, 3.8) is 0 Å². The van der Waals surface area contributed by atoms with Gasteiger partial charge < -0.3 is 5.32 Å². The Morgan fingerprint density at radius 2 is 2.00 bits per heavy atom. The minimum Gasteiger partial charge on any atom is -0.309 e. The molecule has 90 valence electrons. The molecule has 1 atom stereocenters. The normalized spacial score (nSPS) is 12.6. The predicted octanol–water partition coefficient (Wildman–Crippen LogP) is 4.40. The lowest BCUT2D eigenvalue weighted by atomic mass is 10.0. The van der Waals surface area contributed by atoms with Gasteiger partial charge in [0.25, 0.3) is 0 Å². The highest BCUT2D eigenvalue weighted by atomic mass is 79.9. The number of rotatable bonds is 5. The molecule has 0 amide bonds. The second-order valence-electron chi connectivity index (χ2n) is 3.93. The number of benzene rings is 1. The van der Waals surface area contributed by atoms with Crippen LogP contribution in [-0.2, 0) is 6.42 Å². The van der Waals surface area contributed by atoms with E-state index in [2.05, 4.69) is 69.9 Å². The summed E-state index contributed by atoms with van der Waals surface area (Å²) in [7, 11) is 0. The smallest absolute Gasteiger partial charge is 0.0467 e. The van der Waals surface area contributed by atoms with Gasteiger partial charge in [-0.1, -0.05) is 37.3 Å². The average molecular weight is 310 g/mol. The molecule has 0 saturated carbocycles. The van der Waals surface area contributed by atoms with Crippen molar-refractivity contribution in [1.82, 2.24) is 5.32 Å². The lowest BCUT2D eigenvalue weighted by Crippen LogP contribution is -2.22. The maximum absolute atomic E-state index is 3.62. The van der Waals surface area contributed by atoms with Crippen LogP contribution in [0.5, 0.6) is 0 Å². The van der Waals surface area contributed by atoms with Crippen LogP contribution in [0, 0.1) is 0 Å². The number of hydrogen-bond donors (Lipinski definition) is 1. The predicted molar refractivity (Wildman–Crippen MR) is 78.6 cm³/mol. The van der Waals surface area contributed by atoms with Crippen molar-refractivity contribution in [2.24, 2.45) is 0 Å². The molecule has 0 aliphatic heterocycles. The lowest BCUT2D eigenvalue weighted by molar-refractivity contribution is 0.556. The maximum Gasteiger partial charge on any atom is 0.0467 e. The number of thiophene rings is 1. The van der Waals surface area contributed by atoms with Crippen LogP contribution < -0.4 is 5.32 Å². The van der Waals surface area contributed by atoms with E-state index >= 15 is 0 Å². The van der Waals surface area contributed by atoms with Crippen LogP contribution in [0.2, 0.25) is 0 Å². The fraction of sp³-hybridized carbons (Fsp3) is 0.286. The quantitative estimate of drug-likeness (QED) is 0.863. The van der Waals surface area contributed by atoms with E-state index in [4.69, 9.17) is 0 Å². The van der Waals surface area contributed by atoms with Gasteiger partial charge in [0.2, 0.25) is 0 Å². The summed E-state index contributed by atoms with van der Waals surface area (Å²) in [6, 6.07) is 13.2. The molecule has 0 bridgehead atoms. The van der Waals surface area contributed by atoms with Crippen LogP contribution >= 0.6 is 27.3 Å². The third-order valence-corrected chi connectivity index (χ3v) is 4.68. The molecule has 0 saturated heterocycles. The Labute approximate surface area is 115 Å². The first-order valence-electron chi connectivity index (χ1n) is 5.81. The third kappa shape index (κ3) is 3.41. The van der Waals surface area contributed by atoms with E-state index in [1.54, 1.807) is 0 Å². The van der Waals surface area contributed by atoms with Crippen molar-refractivity contribution in [1.29, 1.82) is 0 Å². The van der Waals surface area contributed by atoms with Gasteiger partial charge in [-0.2, -0.15) is 0 Å². The molecule has 17 heavy (non-hydrogen) atoms. The Morgan fingerprint density at radius 1 is 1.24 bits per heavy atom. The molecule has 1 aromatic heterocycles. The molecular formula is C14H16BrNS. The SMILES string of the molecule is CCNC(Cc1ccccc1)c1sccc1Br. The van der Waals surface area contributed by atoms with Crippen LogP contribution in [0.25, 0.3) is 0 Å². The van der Waals surface area contributed by atoms with Gasteiger partial charge in [-0.15, -0.1) is 11.3 Å². The third-order valence-electron chi connectivity index (χ3n) is 2.69. The van der Waals surface area contributed by atoms with Gasteiger partial charge in [0.05, 0.1) is 0 Å². The monoisotopic (exact) mass is 309 g/mol. The summed E-state index contributed by atoms with van der Waals surface area (Å²) < 4.78 is 1.21. The van der Waals surface area contributed by atoms with Crippen LogP contribution in [0.3, 0.4) is 0 Å². The molecule has 0 spiro atoms. The highest BCUT2D eigenvalue weighted by molar-refractivity contribution is 9.10. The highest BCUT2D eigenvalue weighted by Gasteiger charge is 2.15. The molecule has 1 unspecified atom stereocenters. The van der Waals surface area contributed by atoms with E-state index in [0.717, 1.165) is 13.0 Å². The maximum atomic E-state index is 3.62.